The van der Waals surface area contributed by atoms with Gasteiger partial charge in [0.1, 0.15) is 0 Å². The molecule has 0 atom stereocenters. The van der Waals surface area contributed by atoms with Gasteiger partial charge in [0.25, 0.3) is 0 Å². The summed E-state index contributed by atoms with van der Waals surface area (Å²) in [6, 6.07) is 20.7. The quantitative estimate of drug-likeness (QED) is 0.341. The van der Waals surface area contributed by atoms with Gasteiger partial charge in [-0.05, 0) is 16.8 Å². The van der Waals surface area contributed by atoms with E-state index in [2.05, 4.69) is 56.9 Å². The van der Waals surface area contributed by atoms with Crippen LogP contribution in [-0.4, -0.2) is 41.7 Å². The first-order valence-corrected chi connectivity index (χ1v) is 11.0. The first-order chi connectivity index (χ1) is 13.8. The minimum absolute atomic E-state index is 0.848. The highest BCUT2D eigenvalue weighted by Gasteiger charge is 2.14. The van der Waals surface area contributed by atoms with Gasteiger partial charge in [-0.3, -0.25) is 0 Å². The van der Waals surface area contributed by atoms with Crippen LogP contribution in [0.2, 0.25) is 0 Å². The van der Waals surface area contributed by atoms with Crippen LogP contribution in [0.25, 0.3) is 22.5 Å². The smallest absolute Gasteiger partial charge is 0.209 e. The molecule has 0 amide bonds. The van der Waals surface area contributed by atoms with Gasteiger partial charge < -0.3 is 4.98 Å². The molecule has 0 unspecified atom stereocenters. The molecule has 0 aliphatic heterocycles. The minimum atomic E-state index is 0.848. The zero-order valence-electron chi connectivity index (χ0n) is 15.4. The molecule has 4 rings (SSSR count). The van der Waals surface area contributed by atoms with Crippen LogP contribution in [0.4, 0.5) is 0 Å². The van der Waals surface area contributed by atoms with Crippen molar-refractivity contribution in [2.24, 2.45) is 7.05 Å². The maximum atomic E-state index is 4.88. The molecule has 2 aromatic heterocycles. The zero-order valence-corrected chi connectivity index (χ0v) is 17.1. The number of benzene rings is 2. The highest BCUT2D eigenvalue weighted by molar-refractivity contribution is 8.00. The number of aromatic amines is 1. The van der Waals surface area contributed by atoms with Gasteiger partial charge in [0.2, 0.25) is 5.16 Å². The van der Waals surface area contributed by atoms with E-state index in [-0.39, 0.29) is 0 Å². The average Bonchev–Trinajstić information content (AvgIpc) is 3.35. The average molecular weight is 409 g/mol. The van der Waals surface area contributed by atoms with Crippen molar-refractivity contribution < 1.29 is 0 Å². The van der Waals surface area contributed by atoms with Gasteiger partial charge in [-0.1, -0.05) is 84.2 Å². The predicted octanol–water partition coefficient (Wildman–Crippen LogP) is 4.54. The number of nitrogens with zero attached hydrogens (tertiary/aromatic N) is 5. The summed E-state index contributed by atoms with van der Waals surface area (Å²) in [6.07, 6.45) is 1.05. The highest BCUT2D eigenvalue weighted by Crippen LogP contribution is 2.32. The third-order valence-electron chi connectivity index (χ3n) is 4.13. The van der Waals surface area contributed by atoms with E-state index >= 15 is 0 Å². The van der Waals surface area contributed by atoms with Crippen LogP contribution in [0, 0.1) is 0 Å². The van der Waals surface area contributed by atoms with Crippen molar-refractivity contribution in [3.8, 4) is 22.5 Å². The van der Waals surface area contributed by atoms with E-state index in [4.69, 9.17) is 4.98 Å². The summed E-state index contributed by atoms with van der Waals surface area (Å²) in [4.78, 5) is 8.40. The molecule has 1 N–H and O–H groups in total. The lowest BCUT2D eigenvalue weighted by Crippen LogP contribution is -1.94. The maximum absolute atomic E-state index is 4.88. The number of rotatable bonds is 8. The molecule has 4 aromatic rings. The fourth-order valence-electron chi connectivity index (χ4n) is 2.77. The maximum Gasteiger partial charge on any atom is 0.209 e. The summed E-state index contributed by atoms with van der Waals surface area (Å²) < 4.78 is 1.70. The molecule has 0 spiro atoms. The molecule has 2 heterocycles. The molecule has 8 heteroatoms. The lowest BCUT2D eigenvalue weighted by Gasteiger charge is -2.02. The molecule has 0 saturated heterocycles. The lowest BCUT2D eigenvalue weighted by molar-refractivity contribution is 0.664. The van der Waals surface area contributed by atoms with Crippen molar-refractivity contribution >= 4 is 23.5 Å². The monoisotopic (exact) mass is 408 g/mol. The first-order valence-electron chi connectivity index (χ1n) is 9.00. The third-order valence-corrected chi connectivity index (χ3v) is 6.19. The number of H-pyrrole nitrogens is 1. The number of nitrogens with one attached hydrogen (secondary N) is 1. The molecule has 0 aliphatic carbocycles. The summed E-state index contributed by atoms with van der Waals surface area (Å²) in [5, 5.41) is 13.3. The summed E-state index contributed by atoms with van der Waals surface area (Å²) in [6.45, 7) is 0. The second-order valence-corrected chi connectivity index (χ2v) is 8.28. The molecule has 0 radical (unpaired) electrons. The molecule has 0 fully saturated rings. The molecule has 0 saturated carbocycles. The van der Waals surface area contributed by atoms with E-state index in [1.54, 1.807) is 28.2 Å². The van der Waals surface area contributed by atoms with Crippen molar-refractivity contribution in [1.29, 1.82) is 0 Å². The standard InChI is InChI=1S/C20H20N6S2/c1-26-20(23-24-25-26)28-14-8-13-27-19-21-17(15-9-4-2-5-10-15)18(22-19)16-11-6-3-7-12-16/h2-7,9-12H,8,13-14H2,1H3,(H,21,22). The van der Waals surface area contributed by atoms with E-state index < -0.39 is 0 Å². The Morgan fingerprint density at radius 2 is 1.57 bits per heavy atom. The Labute approximate surface area is 172 Å². The minimum Gasteiger partial charge on any atom is -0.332 e. The normalized spacial score (nSPS) is 11.0. The predicted molar refractivity (Wildman–Crippen MR) is 114 cm³/mol. The third kappa shape index (κ3) is 4.45. The Bertz CT molecular complexity index is 957. The Hall–Kier alpha value is -2.58. The topological polar surface area (TPSA) is 72.3 Å². The van der Waals surface area contributed by atoms with Crippen LogP contribution in [0.5, 0.6) is 0 Å². The number of tetrazole rings is 1. The van der Waals surface area contributed by atoms with Crippen LogP contribution in [0.3, 0.4) is 0 Å². The van der Waals surface area contributed by atoms with Crippen molar-refractivity contribution in [3.05, 3.63) is 60.7 Å². The van der Waals surface area contributed by atoms with Crippen LogP contribution in [0.1, 0.15) is 6.42 Å². The Balaban J connectivity index is 1.44. The number of aryl methyl sites for hydroxylation is 1. The molecule has 28 heavy (non-hydrogen) atoms. The molecule has 0 aliphatic rings. The summed E-state index contributed by atoms with van der Waals surface area (Å²) in [7, 11) is 1.86. The first kappa shape index (κ1) is 18.8. The molecule has 142 valence electrons. The number of hydrogen-bond donors (Lipinski definition) is 1. The Morgan fingerprint density at radius 1 is 0.893 bits per heavy atom. The second kappa shape index (κ2) is 9.07. The van der Waals surface area contributed by atoms with Crippen molar-refractivity contribution in [2.45, 2.75) is 16.7 Å². The summed E-state index contributed by atoms with van der Waals surface area (Å²) in [5.41, 5.74) is 4.32. The van der Waals surface area contributed by atoms with E-state index in [0.717, 1.165) is 50.8 Å². The van der Waals surface area contributed by atoms with Crippen LogP contribution in [0.15, 0.2) is 71.0 Å². The van der Waals surface area contributed by atoms with E-state index in [9.17, 15) is 0 Å². The molecule has 6 nitrogen and oxygen atoms in total. The lowest BCUT2D eigenvalue weighted by atomic mass is 10.1. The SMILES string of the molecule is Cn1nnnc1SCCCSc1nc(-c2ccccc2)c(-c2ccccc2)[nH]1. The molecular formula is C20H20N6S2. The van der Waals surface area contributed by atoms with Gasteiger partial charge in [0, 0.05) is 29.7 Å². The van der Waals surface area contributed by atoms with Crippen LogP contribution in [-0.2, 0) is 7.05 Å². The fourth-order valence-corrected chi connectivity index (χ4v) is 4.56. The zero-order chi connectivity index (χ0) is 19.2. The molecule has 0 bridgehead atoms. The van der Waals surface area contributed by atoms with E-state index in [0.29, 0.717) is 0 Å². The van der Waals surface area contributed by atoms with Crippen LogP contribution >= 0.6 is 23.5 Å². The van der Waals surface area contributed by atoms with Gasteiger partial charge >= 0.3 is 0 Å². The van der Waals surface area contributed by atoms with E-state index in [1.807, 2.05) is 31.3 Å². The summed E-state index contributed by atoms with van der Waals surface area (Å²) >= 11 is 3.42. The number of aromatic nitrogens is 6. The largest absolute Gasteiger partial charge is 0.332 e. The number of hydrogen-bond acceptors (Lipinski definition) is 6. The van der Waals surface area contributed by atoms with Gasteiger partial charge in [0.15, 0.2) is 5.16 Å². The van der Waals surface area contributed by atoms with Crippen molar-refractivity contribution in [2.75, 3.05) is 11.5 Å². The highest BCUT2D eigenvalue weighted by atomic mass is 32.2. The summed E-state index contributed by atoms with van der Waals surface area (Å²) in [5.74, 6) is 1.95. The Kier molecular flexibility index (Phi) is 6.08. The molecule has 2 aromatic carbocycles. The van der Waals surface area contributed by atoms with Gasteiger partial charge in [-0.15, -0.1) is 5.10 Å². The van der Waals surface area contributed by atoms with Crippen LogP contribution < -0.4 is 0 Å². The van der Waals surface area contributed by atoms with Crippen molar-refractivity contribution in [3.63, 3.8) is 0 Å². The van der Waals surface area contributed by atoms with Gasteiger partial charge in [-0.25, -0.2) is 9.67 Å². The van der Waals surface area contributed by atoms with Gasteiger partial charge in [0.05, 0.1) is 11.4 Å². The van der Waals surface area contributed by atoms with E-state index in [1.165, 1.54) is 0 Å². The molecular weight excluding hydrogens is 388 g/mol. The fraction of sp³-hybridized carbons (Fsp3) is 0.200. The van der Waals surface area contributed by atoms with Crippen molar-refractivity contribution in [1.82, 2.24) is 30.2 Å². The number of thioether (sulfide) groups is 2. The Morgan fingerprint density at radius 3 is 2.25 bits per heavy atom. The van der Waals surface area contributed by atoms with Gasteiger partial charge in [-0.2, -0.15) is 0 Å². The second-order valence-electron chi connectivity index (χ2n) is 6.13. The number of imidazole rings is 1.